The van der Waals surface area contributed by atoms with Crippen LogP contribution < -0.4 is 0 Å². The first kappa shape index (κ1) is 17.5. The fourth-order valence-corrected chi connectivity index (χ4v) is 2.30. The summed E-state index contributed by atoms with van der Waals surface area (Å²) in [5.41, 5.74) is 2.59. The number of benzene rings is 2. The molecule has 0 radical (unpaired) electrons. The lowest BCUT2D eigenvalue weighted by Gasteiger charge is -2.07. The van der Waals surface area contributed by atoms with E-state index in [-0.39, 0.29) is 17.6 Å². The molecule has 3 aromatic rings. The van der Waals surface area contributed by atoms with Crippen molar-refractivity contribution in [1.29, 1.82) is 0 Å². The molecular weight excluding hydrogens is 335 g/mol. The minimum Gasteiger partial charge on any atom is -0.449 e. The Balaban J connectivity index is 1.64. The van der Waals surface area contributed by atoms with Gasteiger partial charge in [-0.1, -0.05) is 24.3 Å². The van der Waals surface area contributed by atoms with E-state index in [9.17, 15) is 9.18 Å². The number of carbonyl (C=O) groups excluding carboxylic acids is 1. The van der Waals surface area contributed by atoms with Gasteiger partial charge in [-0.05, 0) is 55.3 Å². The second kappa shape index (κ2) is 7.74. The first-order valence-electron chi connectivity index (χ1n) is 8.06. The molecule has 26 heavy (non-hydrogen) atoms. The van der Waals surface area contributed by atoms with Crippen LogP contribution in [0.15, 0.2) is 59.0 Å². The number of rotatable bonds is 5. The number of carbonyl (C=O) groups is 1. The van der Waals surface area contributed by atoms with Crippen LogP contribution in [-0.4, -0.2) is 16.2 Å². The Labute approximate surface area is 150 Å². The molecule has 0 saturated heterocycles. The minimum atomic E-state index is -0.703. The molecule has 5 nitrogen and oxygen atoms in total. The molecule has 2 aromatic carbocycles. The van der Waals surface area contributed by atoms with Gasteiger partial charge in [-0.25, -0.2) is 9.18 Å². The number of ether oxygens (including phenoxy) is 1. The first-order chi connectivity index (χ1) is 12.5. The predicted octanol–water partition coefficient (Wildman–Crippen LogP) is 4.50. The second-order valence-electron chi connectivity index (χ2n) is 5.72. The fraction of sp³-hybridized carbons (Fsp3) is 0.150. The van der Waals surface area contributed by atoms with Gasteiger partial charge in [-0.15, -0.1) is 10.2 Å². The average molecular weight is 352 g/mol. The van der Waals surface area contributed by atoms with Crippen molar-refractivity contribution < 1.29 is 18.3 Å². The van der Waals surface area contributed by atoms with Crippen LogP contribution in [0.25, 0.3) is 17.5 Å². The Hall–Kier alpha value is -3.28. The summed E-state index contributed by atoms with van der Waals surface area (Å²) in [6, 6.07) is 13.4. The molecule has 0 saturated carbocycles. The van der Waals surface area contributed by atoms with Crippen LogP contribution in [0.1, 0.15) is 30.0 Å². The summed E-state index contributed by atoms with van der Waals surface area (Å²) in [6.07, 6.45) is 2.35. The molecule has 0 bridgehead atoms. The molecule has 1 aromatic heterocycles. The maximum absolute atomic E-state index is 13.0. The smallest absolute Gasteiger partial charge is 0.331 e. The number of nitrogens with zero attached hydrogens (tertiary/aromatic N) is 2. The summed E-state index contributed by atoms with van der Waals surface area (Å²) < 4.78 is 23.8. The van der Waals surface area contributed by atoms with Gasteiger partial charge in [0.15, 0.2) is 6.10 Å². The standard InChI is InChI=1S/C20H17FN2O3/c1-13-5-3-4-6-15(13)9-12-18(24)25-14(2)19-22-23-20(26-19)16-7-10-17(21)11-8-16/h3-12,14H,1-2H3/b12-9+/t14-/m1/s1. The summed E-state index contributed by atoms with van der Waals surface area (Å²) in [7, 11) is 0. The van der Waals surface area contributed by atoms with Crippen molar-refractivity contribution in [3.63, 3.8) is 0 Å². The molecule has 0 spiro atoms. The monoisotopic (exact) mass is 352 g/mol. The first-order valence-corrected chi connectivity index (χ1v) is 8.06. The van der Waals surface area contributed by atoms with Crippen molar-refractivity contribution in [2.45, 2.75) is 20.0 Å². The summed E-state index contributed by atoms with van der Waals surface area (Å²) in [5.74, 6) is -0.459. The lowest BCUT2D eigenvalue weighted by molar-refractivity contribution is -0.143. The molecule has 1 atom stereocenters. The van der Waals surface area contributed by atoms with E-state index in [1.165, 1.54) is 30.3 Å². The molecule has 6 heteroatoms. The number of halogens is 1. The molecule has 0 fully saturated rings. The number of hydrogen-bond donors (Lipinski definition) is 0. The maximum atomic E-state index is 13.0. The highest BCUT2D eigenvalue weighted by Gasteiger charge is 2.18. The third kappa shape index (κ3) is 4.22. The van der Waals surface area contributed by atoms with Gasteiger partial charge in [0.25, 0.3) is 5.89 Å². The third-order valence-electron chi connectivity index (χ3n) is 3.76. The molecule has 0 aliphatic heterocycles. The van der Waals surface area contributed by atoms with E-state index < -0.39 is 12.1 Å². The normalized spacial score (nSPS) is 12.3. The van der Waals surface area contributed by atoms with Crippen LogP contribution in [0.3, 0.4) is 0 Å². The van der Waals surface area contributed by atoms with Crippen molar-refractivity contribution in [3.8, 4) is 11.5 Å². The summed E-state index contributed by atoms with van der Waals surface area (Å²) in [6.45, 7) is 3.60. The topological polar surface area (TPSA) is 65.2 Å². The molecule has 0 unspecified atom stereocenters. The molecular formula is C20H17FN2O3. The number of aryl methyl sites for hydroxylation is 1. The van der Waals surface area contributed by atoms with Crippen LogP contribution >= 0.6 is 0 Å². The zero-order valence-electron chi connectivity index (χ0n) is 14.3. The molecule has 132 valence electrons. The van der Waals surface area contributed by atoms with E-state index in [4.69, 9.17) is 9.15 Å². The highest BCUT2D eigenvalue weighted by molar-refractivity contribution is 5.87. The van der Waals surface area contributed by atoms with E-state index in [0.717, 1.165) is 11.1 Å². The Morgan fingerprint density at radius 3 is 2.62 bits per heavy atom. The van der Waals surface area contributed by atoms with Crippen molar-refractivity contribution in [2.24, 2.45) is 0 Å². The largest absolute Gasteiger partial charge is 0.449 e. The fourth-order valence-electron chi connectivity index (χ4n) is 2.30. The van der Waals surface area contributed by atoms with Crippen molar-refractivity contribution in [3.05, 3.63) is 77.4 Å². The van der Waals surface area contributed by atoms with E-state index in [2.05, 4.69) is 10.2 Å². The van der Waals surface area contributed by atoms with Gasteiger partial charge < -0.3 is 9.15 Å². The number of aromatic nitrogens is 2. The molecule has 0 amide bonds. The lowest BCUT2D eigenvalue weighted by Crippen LogP contribution is -2.06. The molecule has 0 aliphatic carbocycles. The Morgan fingerprint density at radius 2 is 1.88 bits per heavy atom. The SMILES string of the molecule is Cc1ccccc1/C=C/C(=O)O[C@H](C)c1nnc(-c2ccc(F)cc2)o1. The molecule has 0 aliphatic rings. The summed E-state index contributed by atoms with van der Waals surface area (Å²) in [5, 5.41) is 7.79. The van der Waals surface area contributed by atoms with Gasteiger partial charge in [0.2, 0.25) is 5.89 Å². The van der Waals surface area contributed by atoms with Gasteiger partial charge in [0.1, 0.15) is 5.82 Å². The van der Waals surface area contributed by atoms with E-state index in [0.29, 0.717) is 5.56 Å². The van der Waals surface area contributed by atoms with Crippen LogP contribution in [0, 0.1) is 12.7 Å². The van der Waals surface area contributed by atoms with Gasteiger partial charge in [-0.3, -0.25) is 0 Å². The maximum Gasteiger partial charge on any atom is 0.331 e. The summed E-state index contributed by atoms with van der Waals surface area (Å²) in [4.78, 5) is 12.0. The van der Waals surface area contributed by atoms with Crippen LogP contribution in [0.4, 0.5) is 4.39 Å². The zero-order valence-corrected chi connectivity index (χ0v) is 14.3. The Bertz CT molecular complexity index is 932. The van der Waals surface area contributed by atoms with E-state index in [1.54, 1.807) is 13.0 Å². The number of hydrogen-bond acceptors (Lipinski definition) is 5. The third-order valence-corrected chi connectivity index (χ3v) is 3.76. The Morgan fingerprint density at radius 1 is 1.15 bits per heavy atom. The highest BCUT2D eigenvalue weighted by atomic mass is 19.1. The van der Waals surface area contributed by atoms with Gasteiger partial charge in [-0.2, -0.15) is 0 Å². The predicted molar refractivity (Wildman–Crippen MR) is 94.4 cm³/mol. The quantitative estimate of drug-likeness (QED) is 0.500. The van der Waals surface area contributed by atoms with Crippen molar-refractivity contribution in [1.82, 2.24) is 10.2 Å². The lowest BCUT2D eigenvalue weighted by atomic mass is 10.1. The summed E-state index contributed by atoms with van der Waals surface area (Å²) >= 11 is 0. The average Bonchev–Trinajstić information content (AvgIpc) is 3.12. The van der Waals surface area contributed by atoms with Crippen LogP contribution in [-0.2, 0) is 9.53 Å². The molecule has 1 heterocycles. The van der Waals surface area contributed by atoms with Crippen molar-refractivity contribution >= 4 is 12.0 Å². The Kier molecular flexibility index (Phi) is 5.22. The number of esters is 1. The van der Waals surface area contributed by atoms with Crippen molar-refractivity contribution in [2.75, 3.05) is 0 Å². The van der Waals surface area contributed by atoms with E-state index >= 15 is 0 Å². The van der Waals surface area contributed by atoms with E-state index in [1.807, 2.05) is 31.2 Å². The van der Waals surface area contributed by atoms with Crippen LogP contribution in [0.2, 0.25) is 0 Å². The van der Waals surface area contributed by atoms with Gasteiger partial charge in [0, 0.05) is 11.6 Å². The second-order valence-corrected chi connectivity index (χ2v) is 5.72. The molecule has 0 N–H and O–H groups in total. The zero-order chi connectivity index (χ0) is 18.5. The van der Waals surface area contributed by atoms with Crippen LogP contribution in [0.5, 0.6) is 0 Å². The highest BCUT2D eigenvalue weighted by Crippen LogP contribution is 2.22. The molecule has 3 rings (SSSR count). The minimum absolute atomic E-state index is 0.168. The van der Waals surface area contributed by atoms with Gasteiger partial charge >= 0.3 is 5.97 Å². The van der Waals surface area contributed by atoms with Gasteiger partial charge in [0.05, 0.1) is 0 Å².